The van der Waals surface area contributed by atoms with E-state index in [9.17, 15) is 24.5 Å². The van der Waals surface area contributed by atoms with E-state index in [1.165, 1.54) is 16.8 Å². The summed E-state index contributed by atoms with van der Waals surface area (Å²) in [7, 11) is 0. The van der Waals surface area contributed by atoms with Gasteiger partial charge in [-0.05, 0) is 30.2 Å². The molecule has 41 heavy (non-hydrogen) atoms. The van der Waals surface area contributed by atoms with Crippen molar-refractivity contribution in [3.05, 3.63) is 146 Å². The average Bonchev–Trinajstić information content (AvgIpc) is 2.99. The predicted molar refractivity (Wildman–Crippen MR) is 153 cm³/mol. The van der Waals surface area contributed by atoms with Crippen molar-refractivity contribution in [2.45, 2.75) is 19.6 Å². The van der Waals surface area contributed by atoms with Gasteiger partial charge in [0.2, 0.25) is 6.10 Å². The van der Waals surface area contributed by atoms with Gasteiger partial charge in [-0.3, -0.25) is 19.7 Å². The van der Waals surface area contributed by atoms with E-state index in [1.807, 2.05) is 30.3 Å². The summed E-state index contributed by atoms with van der Waals surface area (Å²) < 4.78 is 6.92. The molecule has 204 valence electrons. The lowest BCUT2D eigenvalue weighted by Crippen LogP contribution is -2.29. The Bertz CT molecular complexity index is 1820. The maximum Gasteiger partial charge on any atom is 0.360 e. The molecule has 0 saturated heterocycles. The first-order valence-corrected chi connectivity index (χ1v) is 12.7. The molecule has 0 bridgehead atoms. The van der Waals surface area contributed by atoms with E-state index >= 15 is 0 Å². The molecular formula is C31H24N4O6. The van der Waals surface area contributed by atoms with Crippen LogP contribution in [0.2, 0.25) is 0 Å². The zero-order valence-electron chi connectivity index (χ0n) is 21.9. The number of hydrogen-bond donors (Lipinski definition) is 1. The fraction of sp³-hybridized carbons (Fsp3) is 0.0968. The van der Waals surface area contributed by atoms with Gasteiger partial charge in [-0.25, -0.2) is 9.48 Å². The molecule has 0 aliphatic carbocycles. The molecule has 1 amide bonds. The van der Waals surface area contributed by atoms with Crippen LogP contribution in [0.15, 0.2) is 108 Å². The van der Waals surface area contributed by atoms with Gasteiger partial charge in [0.05, 0.1) is 16.9 Å². The Morgan fingerprint density at radius 3 is 2.24 bits per heavy atom. The number of hydrogen-bond acceptors (Lipinski definition) is 7. The molecule has 1 aromatic heterocycles. The van der Waals surface area contributed by atoms with E-state index in [4.69, 9.17) is 4.74 Å². The van der Waals surface area contributed by atoms with Crippen LogP contribution in [-0.2, 0) is 16.1 Å². The number of anilines is 1. The van der Waals surface area contributed by atoms with Gasteiger partial charge in [0.15, 0.2) is 5.69 Å². The molecule has 1 N–H and O–H groups in total. The minimum absolute atomic E-state index is 0.0393. The van der Waals surface area contributed by atoms with Gasteiger partial charge >= 0.3 is 5.97 Å². The van der Waals surface area contributed by atoms with Crippen LogP contribution in [0.1, 0.15) is 33.3 Å². The maximum absolute atomic E-state index is 13.6. The van der Waals surface area contributed by atoms with Gasteiger partial charge in [0.25, 0.3) is 17.2 Å². The zero-order chi connectivity index (χ0) is 28.9. The quantitative estimate of drug-likeness (QED) is 0.160. The third-order valence-corrected chi connectivity index (χ3v) is 6.41. The molecule has 5 aromatic rings. The molecule has 1 heterocycles. The minimum atomic E-state index is -1.47. The Morgan fingerprint density at radius 1 is 0.927 bits per heavy atom. The summed E-state index contributed by atoms with van der Waals surface area (Å²) in [6, 6.07) is 28.4. The summed E-state index contributed by atoms with van der Waals surface area (Å²) in [5, 5.41) is 19.0. The third kappa shape index (κ3) is 5.86. The normalized spacial score (nSPS) is 11.5. The second-order valence-electron chi connectivity index (χ2n) is 9.31. The third-order valence-electron chi connectivity index (χ3n) is 6.41. The largest absolute Gasteiger partial charge is 0.442 e. The SMILES string of the molecule is Cc1ccc(NC(=O)[C@H](OC(=O)c2nn(Cc3ccccc3)c(=O)c3ccccc23)c2ccccc2)c([N+](=O)[O-])c1. The Hall–Kier alpha value is -5.64. The number of carbonyl (C=O) groups is 2. The molecule has 0 aliphatic heterocycles. The van der Waals surface area contributed by atoms with Gasteiger partial charge in [-0.1, -0.05) is 84.9 Å². The number of aryl methyl sites for hydroxylation is 1. The standard InChI is InChI=1S/C31H24N4O6/c1-20-16-17-25(26(18-20)35(39)40)32-29(36)28(22-12-6-3-7-13-22)41-31(38)27-23-14-8-9-15-24(23)30(37)34(33-27)19-21-10-4-2-5-11-21/h2-18,28H,19H2,1H3,(H,32,36)/t28-/m1/s1. The first kappa shape index (κ1) is 26.9. The van der Waals surface area contributed by atoms with E-state index in [0.717, 1.165) is 5.56 Å². The fourth-order valence-corrected chi connectivity index (χ4v) is 4.41. The summed E-state index contributed by atoms with van der Waals surface area (Å²) in [4.78, 5) is 51.3. The lowest BCUT2D eigenvalue weighted by Gasteiger charge is -2.19. The van der Waals surface area contributed by atoms with Crippen LogP contribution >= 0.6 is 0 Å². The Kier molecular flexibility index (Phi) is 7.64. The molecule has 10 nitrogen and oxygen atoms in total. The molecule has 1 atom stereocenters. The number of nitrogens with zero attached hydrogens (tertiary/aromatic N) is 3. The van der Waals surface area contributed by atoms with E-state index in [2.05, 4.69) is 10.4 Å². The number of fused-ring (bicyclic) bond motifs is 1. The molecule has 0 radical (unpaired) electrons. The highest BCUT2D eigenvalue weighted by Crippen LogP contribution is 2.28. The highest BCUT2D eigenvalue weighted by molar-refractivity contribution is 6.04. The van der Waals surface area contributed by atoms with E-state index in [1.54, 1.807) is 67.6 Å². The number of nitro benzene ring substituents is 1. The molecule has 0 fully saturated rings. The van der Waals surface area contributed by atoms with Crippen LogP contribution < -0.4 is 10.9 Å². The number of nitrogens with one attached hydrogen (secondary N) is 1. The number of aromatic nitrogens is 2. The molecule has 5 rings (SSSR count). The van der Waals surface area contributed by atoms with Gasteiger partial charge in [-0.2, -0.15) is 5.10 Å². The number of benzene rings is 4. The van der Waals surface area contributed by atoms with E-state index in [-0.39, 0.29) is 39.9 Å². The zero-order valence-corrected chi connectivity index (χ0v) is 21.9. The lowest BCUT2D eigenvalue weighted by molar-refractivity contribution is -0.384. The Balaban J connectivity index is 1.53. The Morgan fingerprint density at radius 2 is 1.56 bits per heavy atom. The van der Waals surface area contributed by atoms with Crippen molar-refractivity contribution in [2.75, 3.05) is 5.32 Å². The topological polar surface area (TPSA) is 133 Å². The summed E-state index contributed by atoms with van der Waals surface area (Å²) in [6.07, 6.45) is -1.47. The number of ether oxygens (including phenoxy) is 1. The monoisotopic (exact) mass is 548 g/mol. The van der Waals surface area contributed by atoms with Crippen molar-refractivity contribution in [3.8, 4) is 0 Å². The van der Waals surface area contributed by atoms with Gasteiger partial charge in [-0.15, -0.1) is 0 Å². The van der Waals surface area contributed by atoms with Crippen LogP contribution in [0.3, 0.4) is 0 Å². The van der Waals surface area contributed by atoms with E-state index in [0.29, 0.717) is 11.1 Å². The smallest absolute Gasteiger partial charge is 0.360 e. The molecule has 0 saturated carbocycles. The number of rotatable bonds is 8. The van der Waals surface area contributed by atoms with Crippen LogP contribution in [0, 0.1) is 17.0 Å². The molecule has 10 heteroatoms. The fourth-order valence-electron chi connectivity index (χ4n) is 4.41. The van der Waals surface area contributed by atoms with Gasteiger partial charge in [0, 0.05) is 17.0 Å². The molecule has 0 spiro atoms. The number of esters is 1. The van der Waals surface area contributed by atoms with Crippen molar-refractivity contribution < 1.29 is 19.2 Å². The maximum atomic E-state index is 13.6. The Labute approximate surface area is 234 Å². The van der Waals surface area contributed by atoms with Crippen molar-refractivity contribution >= 4 is 34.0 Å². The van der Waals surface area contributed by atoms with Crippen molar-refractivity contribution in [2.24, 2.45) is 0 Å². The predicted octanol–water partition coefficient (Wildman–Crippen LogP) is 5.20. The number of amides is 1. The second kappa shape index (κ2) is 11.6. The van der Waals surface area contributed by atoms with E-state index < -0.39 is 22.9 Å². The number of carbonyl (C=O) groups excluding carboxylic acids is 2. The molecule has 0 unspecified atom stereocenters. The molecular weight excluding hydrogens is 524 g/mol. The van der Waals surface area contributed by atoms with Gasteiger partial charge < -0.3 is 10.1 Å². The van der Waals surface area contributed by atoms with Crippen molar-refractivity contribution in [1.82, 2.24) is 9.78 Å². The minimum Gasteiger partial charge on any atom is -0.442 e. The highest BCUT2D eigenvalue weighted by atomic mass is 16.6. The van der Waals surface area contributed by atoms with Crippen LogP contribution in [0.5, 0.6) is 0 Å². The summed E-state index contributed by atoms with van der Waals surface area (Å²) in [5.74, 6) is -1.73. The second-order valence-corrected chi connectivity index (χ2v) is 9.31. The first-order chi connectivity index (χ1) is 19.8. The van der Waals surface area contributed by atoms with Crippen molar-refractivity contribution in [3.63, 3.8) is 0 Å². The molecule has 0 aliphatic rings. The summed E-state index contributed by atoms with van der Waals surface area (Å²) >= 11 is 0. The highest BCUT2D eigenvalue weighted by Gasteiger charge is 2.29. The number of nitro groups is 1. The first-order valence-electron chi connectivity index (χ1n) is 12.7. The lowest BCUT2D eigenvalue weighted by atomic mass is 10.1. The molecule has 4 aromatic carbocycles. The van der Waals surface area contributed by atoms with Crippen LogP contribution in [-0.4, -0.2) is 26.6 Å². The van der Waals surface area contributed by atoms with Crippen LogP contribution in [0.25, 0.3) is 10.8 Å². The van der Waals surface area contributed by atoms with Crippen molar-refractivity contribution in [1.29, 1.82) is 0 Å². The average molecular weight is 549 g/mol. The summed E-state index contributed by atoms with van der Waals surface area (Å²) in [6.45, 7) is 1.81. The van der Waals surface area contributed by atoms with Crippen LogP contribution in [0.4, 0.5) is 11.4 Å². The summed E-state index contributed by atoms with van der Waals surface area (Å²) in [5.41, 5.74) is 0.924. The van der Waals surface area contributed by atoms with Gasteiger partial charge in [0.1, 0.15) is 5.69 Å².